The fourth-order valence-electron chi connectivity index (χ4n) is 4.32. The van der Waals surface area contributed by atoms with Gasteiger partial charge in [-0.2, -0.15) is 5.10 Å². The summed E-state index contributed by atoms with van der Waals surface area (Å²) in [6, 6.07) is 24.1. The Morgan fingerprint density at radius 2 is 1.56 bits per heavy atom. The summed E-state index contributed by atoms with van der Waals surface area (Å²) in [5.74, 6) is -0.684. The zero-order valence-corrected chi connectivity index (χ0v) is 20.2. The largest absolute Gasteiger partial charge is 0.372 e. The predicted molar refractivity (Wildman–Crippen MR) is 138 cm³/mol. The van der Waals surface area contributed by atoms with Crippen molar-refractivity contribution in [3.8, 4) is 5.69 Å². The average molecular weight is 483 g/mol. The highest BCUT2D eigenvalue weighted by molar-refractivity contribution is 5.91. The summed E-state index contributed by atoms with van der Waals surface area (Å²) < 4.78 is 1.98. The number of nitrogens with zero attached hydrogens (tertiary/aromatic N) is 3. The van der Waals surface area contributed by atoms with Crippen LogP contribution in [0.25, 0.3) is 5.69 Å². The molecule has 1 aromatic heterocycles. The first-order valence-corrected chi connectivity index (χ1v) is 11.3. The van der Waals surface area contributed by atoms with Crippen molar-refractivity contribution in [2.75, 3.05) is 0 Å². The van der Waals surface area contributed by atoms with Crippen molar-refractivity contribution in [2.24, 2.45) is 5.10 Å². The number of hydrogen-bond donors (Lipinski definition) is 2. The third kappa shape index (κ3) is 4.54. The number of carbonyl (C=O) groups is 1. The summed E-state index contributed by atoms with van der Waals surface area (Å²) in [4.78, 5) is 23.9. The Bertz CT molecular complexity index is 1400. The van der Waals surface area contributed by atoms with Gasteiger partial charge in [0.2, 0.25) is 0 Å². The van der Waals surface area contributed by atoms with Gasteiger partial charge in [0.05, 0.1) is 11.1 Å². The molecular weight excluding hydrogens is 456 g/mol. The highest BCUT2D eigenvalue weighted by Crippen LogP contribution is 2.30. The van der Waals surface area contributed by atoms with E-state index in [1.165, 1.54) is 18.3 Å². The first-order chi connectivity index (χ1) is 17.2. The van der Waals surface area contributed by atoms with E-state index in [9.17, 15) is 20.0 Å². The number of rotatable bonds is 7. The number of carbonyl (C=O) groups excluding carboxylic acids is 1. The van der Waals surface area contributed by atoms with Crippen LogP contribution in [0.3, 0.4) is 0 Å². The van der Waals surface area contributed by atoms with Gasteiger partial charge in [-0.1, -0.05) is 60.7 Å². The van der Waals surface area contributed by atoms with Gasteiger partial charge in [-0.15, -0.1) is 0 Å². The highest BCUT2D eigenvalue weighted by atomic mass is 16.6. The van der Waals surface area contributed by atoms with Crippen LogP contribution in [0.15, 0.2) is 90.0 Å². The normalized spacial score (nSPS) is 11.6. The molecule has 0 saturated heterocycles. The molecule has 0 fully saturated rings. The number of aryl methyl sites for hydroxylation is 2. The van der Waals surface area contributed by atoms with Crippen molar-refractivity contribution >= 4 is 17.8 Å². The van der Waals surface area contributed by atoms with E-state index in [-0.39, 0.29) is 5.69 Å². The molecule has 0 unspecified atom stereocenters. The molecule has 2 N–H and O–H groups in total. The van der Waals surface area contributed by atoms with Crippen LogP contribution in [-0.4, -0.2) is 26.7 Å². The number of aliphatic hydroxyl groups is 1. The molecule has 0 saturated carbocycles. The molecule has 0 aliphatic carbocycles. The second-order valence-electron chi connectivity index (χ2n) is 8.53. The lowest BCUT2D eigenvalue weighted by Crippen LogP contribution is -2.43. The van der Waals surface area contributed by atoms with Crippen LogP contribution in [0.2, 0.25) is 0 Å². The maximum atomic E-state index is 13.2. The van der Waals surface area contributed by atoms with Crippen molar-refractivity contribution in [2.45, 2.75) is 26.4 Å². The quantitative estimate of drug-likeness (QED) is 0.226. The Kier molecular flexibility index (Phi) is 6.80. The SMILES string of the molecule is Cc1cc([N+](=O)[O-])ccc1-n1c(C)cc(C=NNC(=O)C(O)(c2ccccc2)c2ccccc2)c1C. The van der Waals surface area contributed by atoms with E-state index in [0.29, 0.717) is 11.1 Å². The Morgan fingerprint density at radius 3 is 2.08 bits per heavy atom. The third-order valence-corrected chi connectivity index (χ3v) is 6.18. The molecule has 0 spiro atoms. The summed E-state index contributed by atoms with van der Waals surface area (Å²) in [5.41, 5.74) is 5.55. The standard InChI is InChI=1S/C28H26N4O4/c1-19-16-25(32(35)36)14-15-26(19)31-20(2)17-22(21(31)3)18-29-30-27(33)28(34,23-10-6-4-7-11-23)24-12-8-5-9-13-24/h4-18,34H,1-3H3,(H,30,33). The van der Waals surface area contributed by atoms with E-state index in [4.69, 9.17) is 0 Å². The third-order valence-electron chi connectivity index (χ3n) is 6.18. The van der Waals surface area contributed by atoms with Crippen molar-refractivity contribution in [3.05, 3.63) is 129 Å². The summed E-state index contributed by atoms with van der Waals surface area (Å²) in [6.45, 7) is 5.65. The summed E-state index contributed by atoms with van der Waals surface area (Å²) in [7, 11) is 0. The van der Waals surface area contributed by atoms with E-state index < -0.39 is 16.4 Å². The van der Waals surface area contributed by atoms with Crippen LogP contribution in [-0.2, 0) is 10.4 Å². The first-order valence-electron chi connectivity index (χ1n) is 11.3. The molecule has 4 rings (SSSR count). The minimum Gasteiger partial charge on any atom is -0.372 e. The fourth-order valence-corrected chi connectivity index (χ4v) is 4.32. The summed E-state index contributed by atoms with van der Waals surface area (Å²) in [5, 5.41) is 26.8. The van der Waals surface area contributed by atoms with Crippen molar-refractivity contribution in [1.29, 1.82) is 0 Å². The lowest BCUT2D eigenvalue weighted by molar-refractivity contribution is -0.384. The van der Waals surface area contributed by atoms with Gasteiger partial charge in [0, 0.05) is 34.8 Å². The fraction of sp³-hybridized carbons (Fsp3) is 0.143. The van der Waals surface area contributed by atoms with Crippen LogP contribution in [0.4, 0.5) is 5.69 Å². The lowest BCUT2D eigenvalue weighted by atomic mass is 9.85. The molecule has 1 amide bonds. The number of nitro groups is 1. The minimum absolute atomic E-state index is 0.0347. The molecule has 182 valence electrons. The smallest absolute Gasteiger partial charge is 0.281 e. The molecule has 0 aliphatic heterocycles. The molecule has 0 atom stereocenters. The topological polar surface area (TPSA) is 110 Å². The first kappa shape index (κ1) is 24.6. The van der Waals surface area contributed by atoms with Gasteiger partial charge >= 0.3 is 0 Å². The number of nitro benzene ring substituents is 1. The Morgan fingerprint density at radius 1 is 0.972 bits per heavy atom. The zero-order chi connectivity index (χ0) is 25.9. The summed E-state index contributed by atoms with van der Waals surface area (Å²) in [6.07, 6.45) is 1.52. The van der Waals surface area contributed by atoms with Crippen LogP contribution < -0.4 is 5.43 Å². The van der Waals surface area contributed by atoms with Crippen LogP contribution in [0, 0.1) is 30.9 Å². The number of aromatic nitrogens is 1. The van der Waals surface area contributed by atoms with Gasteiger partial charge in [-0.05, 0) is 49.6 Å². The van der Waals surface area contributed by atoms with E-state index >= 15 is 0 Å². The van der Waals surface area contributed by atoms with Crippen LogP contribution in [0.5, 0.6) is 0 Å². The van der Waals surface area contributed by atoms with Gasteiger partial charge in [-0.25, -0.2) is 5.43 Å². The van der Waals surface area contributed by atoms with Gasteiger partial charge in [-0.3, -0.25) is 14.9 Å². The second kappa shape index (κ2) is 9.97. The number of hydrazone groups is 1. The Labute approximate surface area is 208 Å². The second-order valence-corrected chi connectivity index (χ2v) is 8.53. The highest BCUT2D eigenvalue weighted by Gasteiger charge is 2.39. The molecule has 0 bridgehead atoms. The van der Waals surface area contributed by atoms with Gasteiger partial charge in [0.15, 0.2) is 5.60 Å². The van der Waals surface area contributed by atoms with Crippen LogP contribution in [0.1, 0.15) is 33.6 Å². The molecular formula is C28H26N4O4. The van der Waals surface area contributed by atoms with Crippen LogP contribution >= 0.6 is 0 Å². The van der Waals surface area contributed by atoms with Gasteiger partial charge in [0.25, 0.3) is 11.6 Å². The number of hydrogen-bond acceptors (Lipinski definition) is 5. The maximum absolute atomic E-state index is 13.2. The minimum atomic E-state index is -1.92. The molecule has 8 heteroatoms. The molecule has 0 radical (unpaired) electrons. The van der Waals surface area contributed by atoms with Crippen molar-refractivity contribution in [1.82, 2.24) is 9.99 Å². The zero-order valence-electron chi connectivity index (χ0n) is 20.2. The number of non-ortho nitro benzene ring substituents is 1. The van der Waals surface area contributed by atoms with Crippen molar-refractivity contribution in [3.63, 3.8) is 0 Å². The monoisotopic (exact) mass is 482 g/mol. The number of amides is 1. The lowest BCUT2D eigenvalue weighted by Gasteiger charge is -2.27. The molecule has 8 nitrogen and oxygen atoms in total. The predicted octanol–water partition coefficient (Wildman–Crippen LogP) is 4.70. The van der Waals surface area contributed by atoms with E-state index in [2.05, 4.69) is 10.5 Å². The van der Waals surface area contributed by atoms with E-state index in [1.54, 1.807) is 54.6 Å². The maximum Gasteiger partial charge on any atom is 0.281 e. The molecule has 0 aliphatic rings. The molecule has 4 aromatic rings. The van der Waals surface area contributed by atoms with Gasteiger partial charge < -0.3 is 9.67 Å². The van der Waals surface area contributed by atoms with E-state index in [1.807, 2.05) is 43.5 Å². The molecule has 1 heterocycles. The van der Waals surface area contributed by atoms with Crippen molar-refractivity contribution < 1.29 is 14.8 Å². The number of nitrogens with one attached hydrogen (secondary N) is 1. The average Bonchev–Trinajstić information content (AvgIpc) is 3.16. The van der Waals surface area contributed by atoms with Gasteiger partial charge in [0.1, 0.15) is 0 Å². The Hall–Kier alpha value is -4.56. The molecule has 36 heavy (non-hydrogen) atoms. The van der Waals surface area contributed by atoms with E-state index in [0.717, 1.165) is 28.2 Å². The molecule has 3 aromatic carbocycles. The Balaban J connectivity index is 1.62. The number of benzene rings is 3. The summed E-state index contributed by atoms with van der Waals surface area (Å²) >= 11 is 0.